The number of pyridine rings is 1. The van der Waals surface area contributed by atoms with Crippen molar-refractivity contribution in [3.8, 4) is 28.5 Å². The fraction of sp³-hybridized carbons (Fsp3) is 0.400. The highest BCUT2D eigenvalue weighted by atomic mass is 19.3. The van der Waals surface area contributed by atoms with Gasteiger partial charge < -0.3 is 38.0 Å². The second-order valence-corrected chi connectivity index (χ2v) is 11.1. The molecule has 0 amide bonds. The summed E-state index contributed by atoms with van der Waals surface area (Å²) in [7, 11) is 0. The van der Waals surface area contributed by atoms with E-state index < -0.39 is 36.0 Å². The van der Waals surface area contributed by atoms with Crippen molar-refractivity contribution in [2.24, 2.45) is 0 Å². The van der Waals surface area contributed by atoms with E-state index in [4.69, 9.17) is 23.0 Å². The van der Waals surface area contributed by atoms with Crippen molar-refractivity contribution in [3.05, 3.63) is 61.1 Å². The summed E-state index contributed by atoms with van der Waals surface area (Å²) in [5.74, 6) is -1.24. The SMILES string of the molecule is C[C@@H]1N(c2cc(-c3ccoc3)cnc2O[C@H]2C[C@@H](C(=O)O)N(c3cc(-c4ccco4)nc(C(F)F)n3)C2)CCOC12COC2. The van der Waals surface area contributed by atoms with E-state index in [-0.39, 0.29) is 36.3 Å². The summed E-state index contributed by atoms with van der Waals surface area (Å²) in [5, 5.41) is 10.1. The molecule has 7 heterocycles. The van der Waals surface area contributed by atoms with Crippen LogP contribution in [-0.2, 0) is 14.3 Å². The predicted octanol–water partition coefficient (Wildman–Crippen LogP) is 4.43. The molecule has 0 radical (unpaired) electrons. The number of nitrogens with zero attached hydrogens (tertiary/aromatic N) is 5. The minimum absolute atomic E-state index is 0.0393. The van der Waals surface area contributed by atoms with E-state index in [0.717, 1.165) is 16.8 Å². The number of hydrogen-bond acceptors (Lipinski definition) is 11. The van der Waals surface area contributed by atoms with Crippen LogP contribution < -0.4 is 14.5 Å². The number of furan rings is 2. The van der Waals surface area contributed by atoms with Crippen LogP contribution in [0, 0.1) is 0 Å². The maximum atomic E-state index is 13.8. The maximum Gasteiger partial charge on any atom is 0.326 e. The predicted molar refractivity (Wildman–Crippen MR) is 151 cm³/mol. The Morgan fingerprint density at radius 1 is 1.16 bits per heavy atom. The first-order valence-corrected chi connectivity index (χ1v) is 14.2. The molecule has 4 aromatic rings. The number of carboxylic acids is 1. The molecule has 1 N–H and O–H groups in total. The number of rotatable bonds is 8. The number of alkyl halides is 2. The maximum absolute atomic E-state index is 13.8. The smallest absolute Gasteiger partial charge is 0.326 e. The molecule has 44 heavy (non-hydrogen) atoms. The molecule has 1 spiro atoms. The third kappa shape index (κ3) is 5.03. The van der Waals surface area contributed by atoms with Gasteiger partial charge in [0.05, 0.1) is 51.2 Å². The fourth-order valence-electron chi connectivity index (χ4n) is 6.00. The second kappa shape index (κ2) is 11.2. The number of carbonyl (C=O) groups is 1. The van der Waals surface area contributed by atoms with Crippen LogP contribution in [0.1, 0.15) is 25.6 Å². The van der Waals surface area contributed by atoms with Crippen molar-refractivity contribution in [2.45, 2.75) is 43.6 Å². The molecular weight excluding hydrogens is 580 g/mol. The van der Waals surface area contributed by atoms with Crippen LogP contribution in [-0.4, -0.2) is 82.7 Å². The van der Waals surface area contributed by atoms with E-state index in [1.807, 2.05) is 12.1 Å². The van der Waals surface area contributed by atoms with Gasteiger partial charge in [0.1, 0.15) is 34.9 Å². The highest BCUT2D eigenvalue weighted by molar-refractivity contribution is 5.79. The van der Waals surface area contributed by atoms with Crippen molar-refractivity contribution < 1.29 is 41.7 Å². The van der Waals surface area contributed by atoms with E-state index >= 15 is 0 Å². The van der Waals surface area contributed by atoms with Crippen LogP contribution in [0.15, 0.2) is 64.2 Å². The molecule has 0 unspecified atom stereocenters. The Balaban J connectivity index is 1.21. The van der Waals surface area contributed by atoms with Crippen molar-refractivity contribution >= 4 is 17.5 Å². The Morgan fingerprint density at radius 2 is 2.02 bits per heavy atom. The third-order valence-corrected chi connectivity index (χ3v) is 8.46. The van der Waals surface area contributed by atoms with Gasteiger partial charge in [-0.15, -0.1) is 0 Å². The molecule has 0 aliphatic carbocycles. The van der Waals surface area contributed by atoms with Crippen LogP contribution in [0.25, 0.3) is 22.6 Å². The summed E-state index contributed by atoms with van der Waals surface area (Å²) in [5.41, 5.74) is 2.06. The molecule has 230 valence electrons. The number of carboxylic acid groups (broad SMARTS) is 1. The molecule has 3 fully saturated rings. The minimum Gasteiger partial charge on any atom is -0.480 e. The van der Waals surface area contributed by atoms with Gasteiger partial charge in [-0.1, -0.05) is 0 Å². The second-order valence-electron chi connectivity index (χ2n) is 11.1. The van der Waals surface area contributed by atoms with E-state index in [1.165, 1.54) is 17.2 Å². The van der Waals surface area contributed by atoms with Crippen molar-refractivity contribution in [1.82, 2.24) is 15.0 Å². The van der Waals surface area contributed by atoms with Gasteiger partial charge in [-0.25, -0.2) is 28.5 Å². The summed E-state index contributed by atoms with van der Waals surface area (Å²) in [6.45, 7) is 4.16. The van der Waals surface area contributed by atoms with Gasteiger partial charge in [-0.05, 0) is 31.2 Å². The quantitative estimate of drug-likeness (QED) is 0.303. The Hall–Kier alpha value is -4.56. The average molecular weight is 610 g/mol. The molecular formula is C30H29F2N5O7. The lowest BCUT2D eigenvalue weighted by Crippen LogP contribution is -2.68. The molecule has 12 nitrogen and oxygen atoms in total. The van der Waals surface area contributed by atoms with Crippen LogP contribution in [0.3, 0.4) is 0 Å². The zero-order valence-electron chi connectivity index (χ0n) is 23.6. The molecule has 7 rings (SSSR count). The Labute approximate surface area is 250 Å². The molecule has 3 atom stereocenters. The summed E-state index contributed by atoms with van der Waals surface area (Å²) < 4.78 is 56.3. The topological polar surface area (TPSA) is 136 Å². The summed E-state index contributed by atoms with van der Waals surface area (Å²) >= 11 is 0. The number of aromatic nitrogens is 3. The number of aliphatic carboxylic acids is 1. The largest absolute Gasteiger partial charge is 0.480 e. The zero-order valence-corrected chi connectivity index (χ0v) is 23.6. The minimum atomic E-state index is -2.97. The molecule has 0 saturated carbocycles. The highest BCUT2D eigenvalue weighted by Crippen LogP contribution is 2.41. The Bertz CT molecular complexity index is 1630. The van der Waals surface area contributed by atoms with Gasteiger partial charge in [-0.2, -0.15) is 0 Å². The van der Waals surface area contributed by atoms with Crippen molar-refractivity contribution in [2.75, 3.05) is 42.7 Å². The van der Waals surface area contributed by atoms with E-state index in [1.54, 1.807) is 30.9 Å². The summed E-state index contributed by atoms with van der Waals surface area (Å²) in [6.07, 6.45) is 2.74. The van der Waals surface area contributed by atoms with Gasteiger partial charge in [0.15, 0.2) is 11.6 Å². The third-order valence-electron chi connectivity index (χ3n) is 8.46. The van der Waals surface area contributed by atoms with E-state index in [9.17, 15) is 18.7 Å². The molecule has 4 aromatic heterocycles. The van der Waals surface area contributed by atoms with Gasteiger partial charge in [0, 0.05) is 36.4 Å². The first-order chi connectivity index (χ1) is 21.3. The number of anilines is 2. The van der Waals surface area contributed by atoms with Gasteiger partial charge in [-0.3, -0.25) is 0 Å². The molecule has 0 bridgehead atoms. The molecule has 3 aliphatic heterocycles. The number of hydrogen-bond donors (Lipinski definition) is 1. The normalized spacial score (nSPS) is 22.9. The van der Waals surface area contributed by atoms with Gasteiger partial charge >= 0.3 is 5.97 Å². The van der Waals surface area contributed by atoms with Crippen LogP contribution in [0.4, 0.5) is 20.3 Å². The monoisotopic (exact) mass is 609 g/mol. The molecule has 14 heteroatoms. The van der Waals surface area contributed by atoms with Gasteiger partial charge in [0.2, 0.25) is 5.88 Å². The van der Waals surface area contributed by atoms with Gasteiger partial charge in [0.25, 0.3) is 6.43 Å². The lowest BCUT2D eigenvalue weighted by molar-refractivity contribution is -0.228. The van der Waals surface area contributed by atoms with Crippen LogP contribution in [0.2, 0.25) is 0 Å². The average Bonchev–Trinajstić information content (AvgIpc) is 3.79. The zero-order chi connectivity index (χ0) is 30.4. The number of morpholine rings is 1. The van der Waals surface area contributed by atoms with E-state index in [2.05, 4.69) is 26.8 Å². The lowest BCUT2D eigenvalue weighted by atomic mass is 9.90. The lowest BCUT2D eigenvalue weighted by Gasteiger charge is -2.53. The summed E-state index contributed by atoms with van der Waals surface area (Å²) in [6, 6.07) is 7.30. The highest BCUT2D eigenvalue weighted by Gasteiger charge is 2.50. The summed E-state index contributed by atoms with van der Waals surface area (Å²) in [4.78, 5) is 28.6. The first-order valence-electron chi connectivity index (χ1n) is 14.2. The molecule has 3 saturated heterocycles. The standard InChI is InChI=1S/C30H29F2N5O7/c1-17-30(15-41-16-30)43-8-5-36(17)22-9-19(18-4-7-40-14-18)12-33-28(22)44-20-10-23(29(38)39)37(13-20)25-11-21(24-3-2-6-42-24)34-27(35-25)26(31)32/h2-4,6-7,9,11-12,14,17,20,23,26H,5,8,10,13,15-16H2,1H3,(H,38,39)/t17-,20-,23-/m0/s1. The van der Waals surface area contributed by atoms with Crippen molar-refractivity contribution in [3.63, 3.8) is 0 Å². The van der Waals surface area contributed by atoms with Crippen LogP contribution in [0.5, 0.6) is 5.88 Å². The number of halogens is 2. The van der Waals surface area contributed by atoms with Crippen molar-refractivity contribution in [1.29, 1.82) is 0 Å². The fourth-order valence-corrected chi connectivity index (χ4v) is 6.00. The van der Waals surface area contributed by atoms with Crippen LogP contribution >= 0.6 is 0 Å². The Kier molecular flexibility index (Phi) is 7.17. The molecule has 3 aliphatic rings. The number of ether oxygens (including phenoxy) is 3. The first kappa shape index (κ1) is 28.2. The Morgan fingerprint density at radius 3 is 2.70 bits per heavy atom. The van der Waals surface area contributed by atoms with E-state index in [0.29, 0.717) is 32.2 Å². The molecule has 0 aromatic carbocycles.